The van der Waals surface area contributed by atoms with Gasteiger partial charge in [-0.25, -0.2) is 0 Å². The van der Waals surface area contributed by atoms with E-state index in [0.717, 1.165) is 26.1 Å². The van der Waals surface area contributed by atoms with Gasteiger partial charge in [-0.05, 0) is 66.6 Å². The van der Waals surface area contributed by atoms with Gasteiger partial charge in [-0.3, -0.25) is 0 Å². The number of likely N-dealkylation sites (N-methyl/N-ethyl adjacent to an activating group) is 1. The van der Waals surface area contributed by atoms with Gasteiger partial charge in [-0.2, -0.15) is 0 Å². The molecule has 0 amide bonds. The maximum atomic E-state index is 5.60. The van der Waals surface area contributed by atoms with Crippen molar-refractivity contribution in [2.45, 2.75) is 12.8 Å². The molecule has 1 heterocycles. The summed E-state index contributed by atoms with van der Waals surface area (Å²) in [5, 5.41) is 0. The van der Waals surface area contributed by atoms with Gasteiger partial charge >= 0.3 is 0 Å². The highest BCUT2D eigenvalue weighted by atomic mass is 79.9. The van der Waals surface area contributed by atoms with E-state index >= 15 is 0 Å². The predicted molar refractivity (Wildman–Crippen MR) is 81.2 cm³/mol. The Labute approximate surface area is 118 Å². The Bertz CT molecular complexity index is 395. The van der Waals surface area contributed by atoms with E-state index in [1.807, 2.05) is 0 Å². The summed E-state index contributed by atoms with van der Waals surface area (Å²) in [5.41, 5.74) is 8.21. The van der Waals surface area contributed by atoms with Crippen LogP contribution in [0, 0.1) is 0 Å². The second-order valence-corrected chi connectivity index (χ2v) is 5.82. The first-order valence-corrected chi connectivity index (χ1v) is 7.42. The SMILES string of the molecule is CN1CCCN(c2ccc(CCN)cc2Br)CC1. The van der Waals surface area contributed by atoms with Crippen LogP contribution in [0.4, 0.5) is 5.69 Å². The van der Waals surface area contributed by atoms with Crippen molar-refractivity contribution in [1.29, 1.82) is 0 Å². The molecule has 2 N–H and O–H groups in total. The topological polar surface area (TPSA) is 32.5 Å². The summed E-state index contributed by atoms with van der Waals surface area (Å²) in [5.74, 6) is 0. The Morgan fingerprint density at radius 2 is 2.06 bits per heavy atom. The Morgan fingerprint density at radius 3 is 2.78 bits per heavy atom. The van der Waals surface area contributed by atoms with E-state index in [2.05, 4.69) is 51.0 Å². The number of anilines is 1. The fraction of sp³-hybridized carbons (Fsp3) is 0.571. The maximum absolute atomic E-state index is 5.60. The second-order valence-electron chi connectivity index (χ2n) is 4.97. The van der Waals surface area contributed by atoms with Crippen molar-refractivity contribution in [3.8, 4) is 0 Å². The zero-order valence-corrected chi connectivity index (χ0v) is 12.6. The highest BCUT2D eigenvalue weighted by Crippen LogP contribution is 2.28. The third kappa shape index (κ3) is 3.46. The van der Waals surface area contributed by atoms with E-state index in [1.54, 1.807) is 0 Å². The van der Waals surface area contributed by atoms with Crippen molar-refractivity contribution in [2.75, 3.05) is 44.7 Å². The number of nitrogens with two attached hydrogens (primary N) is 1. The summed E-state index contributed by atoms with van der Waals surface area (Å²) >= 11 is 3.70. The number of halogens is 1. The molecule has 100 valence electrons. The van der Waals surface area contributed by atoms with Gasteiger partial charge in [0.1, 0.15) is 0 Å². The molecule has 0 unspecified atom stereocenters. The summed E-state index contributed by atoms with van der Waals surface area (Å²) < 4.78 is 1.19. The van der Waals surface area contributed by atoms with Crippen LogP contribution in [0.3, 0.4) is 0 Å². The molecule has 0 atom stereocenters. The fourth-order valence-electron chi connectivity index (χ4n) is 2.42. The molecule has 4 heteroatoms. The normalized spacial score (nSPS) is 17.8. The molecule has 0 bridgehead atoms. The highest BCUT2D eigenvalue weighted by Gasteiger charge is 2.14. The molecule has 1 aliphatic rings. The monoisotopic (exact) mass is 311 g/mol. The Balaban J connectivity index is 2.12. The van der Waals surface area contributed by atoms with Crippen molar-refractivity contribution in [2.24, 2.45) is 5.73 Å². The van der Waals surface area contributed by atoms with Crippen LogP contribution in [0.2, 0.25) is 0 Å². The molecular weight excluding hydrogens is 290 g/mol. The molecular formula is C14H22BrN3. The van der Waals surface area contributed by atoms with Gasteiger partial charge in [-0.1, -0.05) is 6.07 Å². The van der Waals surface area contributed by atoms with E-state index in [-0.39, 0.29) is 0 Å². The molecule has 18 heavy (non-hydrogen) atoms. The van der Waals surface area contributed by atoms with Crippen molar-refractivity contribution in [3.63, 3.8) is 0 Å². The van der Waals surface area contributed by atoms with Gasteiger partial charge in [0, 0.05) is 24.1 Å². The molecule has 0 aromatic heterocycles. The molecule has 1 aromatic rings. The van der Waals surface area contributed by atoms with Gasteiger partial charge in [0.15, 0.2) is 0 Å². The smallest absolute Gasteiger partial charge is 0.0511 e. The van der Waals surface area contributed by atoms with Gasteiger partial charge in [-0.15, -0.1) is 0 Å². The molecule has 1 fully saturated rings. The van der Waals surface area contributed by atoms with E-state index < -0.39 is 0 Å². The molecule has 0 spiro atoms. The van der Waals surface area contributed by atoms with Gasteiger partial charge in [0.05, 0.1) is 5.69 Å². The molecule has 2 rings (SSSR count). The van der Waals surface area contributed by atoms with Crippen LogP contribution in [0.5, 0.6) is 0 Å². The Hall–Kier alpha value is -0.580. The predicted octanol–water partition coefficient (Wildman–Crippen LogP) is 2.09. The fourth-order valence-corrected chi connectivity index (χ4v) is 3.09. The average molecular weight is 312 g/mol. The average Bonchev–Trinajstić information content (AvgIpc) is 2.55. The highest BCUT2D eigenvalue weighted by molar-refractivity contribution is 9.10. The van der Waals surface area contributed by atoms with Crippen LogP contribution in [-0.4, -0.2) is 44.7 Å². The first kappa shape index (κ1) is 13.8. The minimum atomic E-state index is 0.709. The Kier molecular flexibility index (Phi) is 5.03. The second kappa shape index (κ2) is 6.55. The number of benzene rings is 1. The zero-order chi connectivity index (χ0) is 13.0. The number of rotatable bonds is 3. The quantitative estimate of drug-likeness (QED) is 0.928. The minimum Gasteiger partial charge on any atom is -0.369 e. The van der Waals surface area contributed by atoms with Crippen LogP contribution in [0.15, 0.2) is 22.7 Å². The molecule has 1 saturated heterocycles. The zero-order valence-electron chi connectivity index (χ0n) is 11.0. The van der Waals surface area contributed by atoms with Gasteiger partial charge in [0.25, 0.3) is 0 Å². The lowest BCUT2D eigenvalue weighted by molar-refractivity contribution is 0.360. The summed E-state index contributed by atoms with van der Waals surface area (Å²) in [6.07, 6.45) is 2.18. The number of hydrogen-bond acceptors (Lipinski definition) is 3. The molecule has 0 radical (unpaired) electrons. The summed E-state index contributed by atoms with van der Waals surface area (Å²) in [6, 6.07) is 6.62. The molecule has 3 nitrogen and oxygen atoms in total. The third-order valence-electron chi connectivity index (χ3n) is 3.51. The van der Waals surface area contributed by atoms with Crippen molar-refractivity contribution < 1.29 is 0 Å². The van der Waals surface area contributed by atoms with Gasteiger partial charge < -0.3 is 15.5 Å². The first-order chi connectivity index (χ1) is 8.70. The molecule has 0 aliphatic carbocycles. The van der Waals surface area contributed by atoms with E-state index in [1.165, 1.54) is 28.7 Å². The first-order valence-electron chi connectivity index (χ1n) is 6.62. The van der Waals surface area contributed by atoms with E-state index in [4.69, 9.17) is 5.73 Å². The lowest BCUT2D eigenvalue weighted by atomic mass is 10.1. The van der Waals surface area contributed by atoms with Crippen LogP contribution >= 0.6 is 15.9 Å². The number of hydrogen-bond donors (Lipinski definition) is 1. The largest absolute Gasteiger partial charge is 0.369 e. The summed E-state index contributed by atoms with van der Waals surface area (Å²) in [6.45, 7) is 5.28. The van der Waals surface area contributed by atoms with Crippen molar-refractivity contribution >= 4 is 21.6 Å². The van der Waals surface area contributed by atoms with Crippen molar-refractivity contribution in [3.05, 3.63) is 28.2 Å². The Morgan fingerprint density at radius 1 is 1.22 bits per heavy atom. The maximum Gasteiger partial charge on any atom is 0.0511 e. The van der Waals surface area contributed by atoms with Gasteiger partial charge in [0.2, 0.25) is 0 Å². The summed E-state index contributed by atoms with van der Waals surface area (Å²) in [4.78, 5) is 4.87. The van der Waals surface area contributed by atoms with E-state index in [0.29, 0.717) is 6.54 Å². The lowest BCUT2D eigenvalue weighted by Gasteiger charge is -2.24. The van der Waals surface area contributed by atoms with Crippen LogP contribution in [0.25, 0.3) is 0 Å². The van der Waals surface area contributed by atoms with Crippen LogP contribution < -0.4 is 10.6 Å². The third-order valence-corrected chi connectivity index (χ3v) is 4.14. The standard InChI is InChI=1S/C14H22BrN3/c1-17-7-2-8-18(10-9-17)14-4-3-12(5-6-16)11-13(14)15/h3-4,11H,2,5-10,16H2,1H3. The summed E-state index contributed by atoms with van der Waals surface area (Å²) in [7, 11) is 2.20. The molecule has 1 aliphatic heterocycles. The van der Waals surface area contributed by atoms with E-state index in [9.17, 15) is 0 Å². The van der Waals surface area contributed by atoms with Crippen LogP contribution in [-0.2, 0) is 6.42 Å². The molecule has 0 saturated carbocycles. The minimum absolute atomic E-state index is 0.709. The molecule has 1 aromatic carbocycles. The van der Waals surface area contributed by atoms with Crippen LogP contribution in [0.1, 0.15) is 12.0 Å². The lowest BCUT2D eigenvalue weighted by Crippen LogP contribution is -2.28. The van der Waals surface area contributed by atoms with Crippen molar-refractivity contribution in [1.82, 2.24) is 4.90 Å². The number of nitrogens with zero attached hydrogens (tertiary/aromatic N) is 2.